The Hall–Kier alpha value is -2.78. The molecule has 1 aromatic carbocycles. The van der Waals surface area contributed by atoms with Gasteiger partial charge in [-0.15, -0.1) is 0 Å². The molecule has 0 aliphatic carbocycles. The van der Waals surface area contributed by atoms with Crippen LogP contribution in [0, 0.1) is 0 Å². The molecule has 9 heteroatoms. The van der Waals surface area contributed by atoms with E-state index in [1.54, 1.807) is 0 Å². The maximum absolute atomic E-state index is 12.8. The molecule has 1 amide bonds. The molecule has 5 heterocycles. The van der Waals surface area contributed by atoms with E-state index in [-0.39, 0.29) is 35.5 Å². The highest BCUT2D eigenvalue weighted by molar-refractivity contribution is 6.62. The largest absolute Gasteiger partial charge is 0.494 e. The van der Waals surface area contributed by atoms with Gasteiger partial charge in [0.05, 0.1) is 11.2 Å². The fourth-order valence-corrected chi connectivity index (χ4v) is 6.08. The highest BCUT2D eigenvalue weighted by Gasteiger charge is 2.52. The Labute approximate surface area is 231 Å². The van der Waals surface area contributed by atoms with Gasteiger partial charge in [0.2, 0.25) is 11.8 Å². The Morgan fingerprint density at radius 2 is 1.64 bits per heavy atom. The smallest absolute Gasteiger partial charge is 0.474 e. The van der Waals surface area contributed by atoms with Gasteiger partial charge in [-0.1, -0.05) is 18.2 Å². The van der Waals surface area contributed by atoms with Crippen molar-refractivity contribution in [3.63, 3.8) is 0 Å². The van der Waals surface area contributed by atoms with Crippen molar-refractivity contribution in [3.8, 4) is 22.9 Å². The van der Waals surface area contributed by atoms with E-state index < -0.39 is 12.7 Å². The summed E-state index contributed by atoms with van der Waals surface area (Å²) >= 11 is 0. The Balaban J connectivity index is 1.14. The molecule has 0 spiro atoms. The minimum atomic E-state index is -0.497. The van der Waals surface area contributed by atoms with Crippen molar-refractivity contribution in [2.45, 2.75) is 116 Å². The number of carbonyl (C=O) groups is 1. The number of rotatable bonds is 3. The fraction of sp³-hybridized carbons (Fsp3) is 0.600. The van der Waals surface area contributed by atoms with Gasteiger partial charge < -0.3 is 28.4 Å². The second kappa shape index (κ2) is 9.13. The Bertz CT molecular complexity index is 1260. The van der Waals surface area contributed by atoms with E-state index in [2.05, 4.69) is 45.9 Å². The van der Waals surface area contributed by atoms with Crippen LogP contribution in [0.2, 0.25) is 0 Å². The summed E-state index contributed by atoms with van der Waals surface area (Å²) in [7, 11) is -0.410. The number of hydrogen-bond donors (Lipinski definition) is 0. The van der Waals surface area contributed by atoms with E-state index in [1.165, 1.54) is 0 Å². The normalized spacial score (nSPS) is 26.5. The molecule has 6 rings (SSSR count). The zero-order valence-corrected chi connectivity index (χ0v) is 24.1. The molecule has 208 valence electrons. The van der Waals surface area contributed by atoms with Crippen molar-refractivity contribution in [1.29, 1.82) is 0 Å². The minimum absolute atomic E-state index is 0.00471. The van der Waals surface area contributed by atoms with Gasteiger partial charge in [-0.2, -0.15) is 4.98 Å². The maximum Gasteiger partial charge on any atom is 0.494 e. The lowest BCUT2D eigenvalue weighted by Gasteiger charge is -2.39. The van der Waals surface area contributed by atoms with Crippen LogP contribution in [0.25, 0.3) is 11.1 Å². The van der Waals surface area contributed by atoms with Gasteiger partial charge in [-0.05, 0) is 84.0 Å². The van der Waals surface area contributed by atoms with Crippen molar-refractivity contribution in [2.24, 2.45) is 0 Å². The van der Waals surface area contributed by atoms with Gasteiger partial charge in [-0.3, -0.25) is 0 Å². The summed E-state index contributed by atoms with van der Waals surface area (Å²) in [6, 6.07) is 10.5. The van der Waals surface area contributed by atoms with Crippen LogP contribution in [0.1, 0.15) is 79.7 Å². The van der Waals surface area contributed by atoms with E-state index in [0.717, 1.165) is 47.8 Å². The second-order valence-corrected chi connectivity index (χ2v) is 13.3. The second-order valence-electron chi connectivity index (χ2n) is 13.3. The highest BCUT2D eigenvalue weighted by atomic mass is 16.7. The topological polar surface area (TPSA) is 79.4 Å². The van der Waals surface area contributed by atoms with Crippen LogP contribution in [-0.2, 0) is 20.7 Å². The van der Waals surface area contributed by atoms with E-state index in [4.69, 9.17) is 28.5 Å². The monoisotopic (exact) mass is 534 g/mol. The standard InChI is InChI=1S/C30H39BN2O6/c1-28(2,3)37-27(34)33-20-9-10-21(33)16-22(15-20)36-25-13-12-24-23-11-8-19(14-18(23)17-35-26(24)32-25)31-38-29(4,5)30(6,7)39-31/h8,11-14,20-22H,9-10,15-17H2,1-7H3/t20-,21+,22?. The first-order valence-corrected chi connectivity index (χ1v) is 14.1. The van der Waals surface area contributed by atoms with Gasteiger partial charge in [0, 0.05) is 36.6 Å². The molecule has 3 atom stereocenters. The number of amides is 1. The van der Waals surface area contributed by atoms with Crippen LogP contribution in [0.4, 0.5) is 4.79 Å². The predicted octanol–water partition coefficient (Wildman–Crippen LogP) is 5.25. The van der Waals surface area contributed by atoms with Crippen molar-refractivity contribution in [3.05, 3.63) is 35.9 Å². The lowest BCUT2D eigenvalue weighted by molar-refractivity contribution is -0.00765. The molecule has 3 fully saturated rings. The van der Waals surface area contributed by atoms with E-state index in [9.17, 15) is 4.79 Å². The molecule has 8 nitrogen and oxygen atoms in total. The van der Waals surface area contributed by atoms with Crippen LogP contribution in [0.3, 0.4) is 0 Å². The van der Waals surface area contributed by atoms with Crippen LogP contribution < -0.4 is 14.9 Å². The van der Waals surface area contributed by atoms with Gasteiger partial charge in [0.1, 0.15) is 18.3 Å². The Morgan fingerprint density at radius 1 is 1.00 bits per heavy atom. The molecular formula is C30H39BN2O6. The summed E-state index contributed by atoms with van der Waals surface area (Å²) in [4.78, 5) is 19.4. The summed E-state index contributed by atoms with van der Waals surface area (Å²) in [5.74, 6) is 1.14. The number of fused-ring (bicyclic) bond motifs is 5. The first-order valence-electron chi connectivity index (χ1n) is 14.1. The number of benzene rings is 1. The number of piperidine rings is 1. The highest BCUT2D eigenvalue weighted by Crippen LogP contribution is 2.41. The van der Waals surface area contributed by atoms with Gasteiger partial charge in [0.15, 0.2) is 0 Å². The Kier molecular flexibility index (Phi) is 6.19. The van der Waals surface area contributed by atoms with Crippen molar-refractivity contribution in [1.82, 2.24) is 9.88 Å². The third kappa shape index (κ3) is 4.88. The third-order valence-corrected chi connectivity index (χ3v) is 8.73. The first kappa shape index (κ1) is 26.4. The van der Waals surface area contributed by atoms with Gasteiger partial charge in [0.25, 0.3) is 0 Å². The van der Waals surface area contributed by atoms with Crippen molar-refractivity contribution < 1.29 is 28.3 Å². The molecule has 1 aromatic heterocycles. The molecular weight excluding hydrogens is 495 g/mol. The van der Waals surface area contributed by atoms with E-state index >= 15 is 0 Å². The van der Waals surface area contributed by atoms with Crippen LogP contribution >= 0.6 is 0 Å². The summed E-state index contributed by atoms with van der Waals surface area (Å²) in [6.45, 7) is 14.4. The van der Waals surface area contributed by atoms with E-state index in [0.29, 0.717) is 18.4 Å². The first-order chi connectivity index (χ1) is 18.3. The molecule has 0 N–H and O–H groups in total. The number of nitrogens with zero attached hydrogens (tertiary/aromatic N) is 2. The molecule has 39 heavy (non-hydrogen) atoms. The lowest BCUT2D eigenvalue weighted by Crippen LogP contribution is -2.50. The predicted molar refractivity (Wildman–Crippen MR) is 148 cm³/mol. The number of hydrogen-bond acceptors (Lipinski definition) is 7. The molecule has 0 radical (unpaired) electrons. The maximum atomic E-state index is 12.8. The molecule has 2 aromatic rings. The number of pyridine rings is 1. The summed E-state index contributed by atoms with van der Waals surface area (Å²) in [5.41, 5.74) is 2.84. The zero-order valence-electron chi connectivity index (χ0n) is 24.1. The molecule has 0 saturated carbocycles. The third-order valence-electron chi connectivity index (χ3n) is 8.73. The average molecular weight is 534 g/mol. The fourth-order valence-electron chi connectivity index (χ4n) is 6.08. The van der Waals surface area contributed by atoms with Gasteiger partial charge in [-0.25, -0.2) is 4.79 Å². The lowest BCUT2D eigenvalue weighted by atomic mass is 9.77. The summed E-state index contributed by atoms with van der Waals surface area (Å²) in [5, 5.41) is 0. The quantitative estimate of drug-likeness (QED) is 0.498. The number of aromatic nitrogens is 1. The Morgan fingerprint density at radius 3 is 2.28 bits per heavy atom. The molecule has 1 unspecified atom stereocenters. The SMILES string of the molecule is CC(C)(C)OC(=O)N1[C@@H]2CC[C@H]1CC(Oc1ccc3c(n1)OCc1cc(B4OC(C)(C)C(C)(C)O4)ccc1-3)C2. The number of carbonyl (C=O) groups excluding carboxylic acids is 1. The zero-order chi connectivity index (χ0) is 27.7. The van der Waals surface area contributed by atoms with Crippen molar-refractivity contribution in [2.75, 3.05) is 0 Å². The molecule has 4 aliphatic rings. The average Bonchev–Trinajstić information content (AvgIpc) is 3.24. The molecule has 4 aliphatic heterocycles. The molecule has 3 saturated heterocycles. The summed E-state index contributed by atoms with van der Waals surface area (Å²) in [6.07, 6.45) is 3.31. The van der Waals surface area contributed by atoms with E-state index in [1.807, 2.05) is 37.8 Å². The van der Waals surface area contributed by atoms with Crippen LogP contribution in [0.15, 0.2) is 30.3 Å². The van der Waals surface area contributed by atoms with Crippen LogP contribution in [-0.4, -0.2) is 58.1 Å². The van der Waals surface area contributed by atoms with Crippen molar-refractivity contribution >= 4 is 18.7 Å². The number of ether oxygens (including phenoxy) is 3. The van der Waals surface area contributed by atoms with Crippen LogP contribution in [0.5, 0.6) is 11.8 Å². The van der Waals surface area contributed by atoms with Gasteiger partial charge >= 0.3 is 13.2 Å². The summed E-state index contributed by atoms with van der Waals surface area (Å²) < 4.78 is 30.6. The minimum Gasteiger partial charge on any atom is -0.474 e. The molecule has 2 bridgehead atoms.